The molecule has 1 aromatic carbocycles. The minimum atomic E-state index is -0.373. The second-order valence-corrected chi connectivity index (χ2v) is 7.71. The number of pyridine rings is 1. The molecular weight excluding hydrogens is 365 g/mol. The van der Waals surface area contributed by atoms with Crippen molar-refractivity contribution in [2.75, 3.05) is 5.32 Å². The molecule has 0 unspecified atom stereocenters. The number of aromatic nitrogens is 4. The van der Waals surface area contributed by atoms with Crippen molar-refractivity contribution in [3.05, 3.63) is 54.6 Å². The molecule has 1 atom stereocenters. The highest BCUT2D eigenvalue weighted by Crippen LogP contribution is 2.41. The van der Waals surface area contributed by atoms with Crippen molar-refractivity contribution in [1.29, 1.82) is 0 Å². The number of hydrogen-bond acceptors (Lipinski definition) is 5. The van der Waals surface area contributed by atoms with Crippen LogP contribution in [0.5, 0.6) is 0 Å². The van der Waals surface area contributed by atoms with Gasteiger partial charge < -0.3 is 5.32 Å². The zero-order valence-electron chi connectivity index (χ0n) is 14.7. The van der Waals surface area contributed by atoms with E-state index in [2.05, 4.69) is 25.1 Å². The molecule has 1 aliphatic carbocycles. The average Bonchev–Trinajstić information content (AvgIpc) is 3.44. The summed E-state index contributed by atoms with van der Waals surface area (Å²) in [6.07, 6.45) is 5.62. The molecule has 0 spiro atoms. The molecule has 27 heavy (non-hydrogen) atoms. The number of nitrogens with zero attached hydrogens (tertiary/aromatic N) is 4. The number of halogens is 1. The maximum atomic E-state index is 13.0. The summed E-state index contributed by atoms with van der Waals surface area (Å²) < 4.78 is 15.1. The zero-order valence-corrected chi connectivity index (χ0v) is 15.5. The first-order valence-electron chi connectivity index (χ1n) is 8.70. The lowest BCUT2D eigenvalue weighted by molar-refractivity contribution is -0.115. The molecule has 1 aliphatic rings. The van der Waals surface area contributed by atoms with E-state index in [0.717, 1.165) is 29.4 Å². The molecule has 2 heterocycles. The Morgan fingerprint density at radius 1 is 1.19 bits per heavy atom. The van der Waals surface area contributed by atoms with Crippen molar-refractivity contribution in [2.45, 2.75) is 36.2 Å². The number of anilines is 1. The maximum Gasteiger partial charge on any atom is 0.237 e. The second-order valence-electron chi connectivity index (χ2n) is 6.40. The molecule has 1 N–H and O–H groups in total. The molecule has 3 aromatic rings. The fourth-order valence-corrected chi connectivity index (χ4v) is 3.63. The summed E-state index contributed by atoms with van der Waals surface area (Å²) in [5.41, 5.74) is 1.52. The fraction of sp³-hybridized carbons (Fsp3) is 0.263. The summed E-state index contributed by atoms with van der Waals surface area (Å²) in [5, 5.41) is 11.8. The van der Waals surface area contributed by atoms with E-state index in [0.29, 0.717) is 11.7 Å². The number of rotatable bonds is 6. The van der Waals surface area contributed by atoms with Gasteiger partial charge in [-0.2, -0.15) is 0 Å². The van der Waals surface area contributed by atoms with Gasteiger partial charge in [0.05, 0.1) is 5.25 Å². The highest BCUT2D eigenvalue weighted by Gasteiger charge is 2.31. The van der Waals surface area contributed by atoms with Crippen molar-refractivity contribution in [3.8, 4) is 11.4 Å². The number of thioether (sulfide) groups is 1. The minimum absolute atomic E-state index is 0.164. The van der Waals surface area contributed by atoms with Gasteiger partial charge in [0.25, 0.3) is 0 Å². The van der Waals surface area contributed by atoms with Crippen LogP contribution in [0.25, 0.3) is 11.4 Å². The lowest BCUT2D eigenvalue weighted by Gasteiger charge is -2.13. The lowest BCUT2D eigenvalue weighted by atomic mass is 10.2. The van der Waals surface area contributed by atoms with Gasteiger partial charge in [-0.3, -0.25) is 14.3 Å². The molecule has 138 valence electrons. The third kappa shape index (κ3) is 4.00. The molecular formula is C19H18FN5OS. The predicted molar refractivity (Wildman–Crippen MR) is 102 cm³/mol. The molecule has 0 saturated heterocycles. The van der Waals surface area contributed by atoms with Crippen LogP contribution in [0.3, 0.4) is 0 Å². The van der Waals surface area contributed by atoms with Gasteiger partial charge in [0.15, 0.2) is 11.0 Å². The van der Waals surface area contributed by atoms with Crippen molar-refractivity contribution in [2.24, 2.45) is 0 Å². The van der Waals surface area contributed by atoms with Crippen LogP contribution in [-0.4, -0.2) is 30.9 Å². The second kappa shape index (κ2) is 7.48. The number of carbonyl (C=O) groups excluding carboxylic acids is 1. The quantitative estimate of drug-likeness (QED) is 0.653. The third-order valence-electron chi connectivity index (χ3n) is 4.28. The number of carbonyl (C=O) groups is 1. The summed E-state index contributed by atoms with van der Waals surface area (Å²) in [6, 6.07) is 9.90. The molecule has 0 aliphatic heterocycles. The van der Waals surface area contributed by atoms with E-state index in [9.17, 15) is 9.18 Å². The van der Waals surface area contributed by atoms with Crippen molar-refractivity contribution < 1.29 is 9.18 Å². The van der Waals surface area contributed by atoms with E-state index in [1.165, 1.54) is 23.9 Å². The Balaban J connectivity index is 1.51. The van der Waals surface area contributed by atoms with E-state index in [1.807, 2.05) is 19.1 Å². The summed E-state index contributed by atoms with van der Waals surface area (Å²) in [7, 11) is 0. The Hall–Kier alpha value is -2.74. The van der Waals surface area contributed by atoms with Gasteiger partial charge in [-0.05, 0) is 56.2 Å². The van der Waals surface area contributed by atoms with Gasteiger partial charge in [0, 0.05) is 29.7 Å². The van der Waals surface area contributed by atoms with Crippen LogP contribution in [-0.2, 0) is 4.79 Å². The number of hydrogen-bond donors (Lipinski definition) is 1. The van der Waals surface area contributed by atoms with Crippen LogP contribution < -0.4 is 5.32 Å². The molecule has 0 bridgehead atoms. The maximum absolute atomic E-state index is 13.0. The first kappa shape index (κ1) is 17.7. The van der Waals surface area contributed by atoms with E-state index >= 15 is 0 Å². The third-order valence-corrected chi connectivity index (χ3v) is 5.34. The van der Waals surface area contributed by atoms with E-state index < -0.39 is 0 Å². The van der Waals surface area contributed by atoms with Gasteiger partial charge in [0.1, 0.15) is 5.82 Å². The predicted octanol–water partition coefficient (Wildman–Crippen LogP) is 3.93. The number of amides is 1. The van der Waals surface area contributed by atoms with Gasteiger partial charge in [-0.15, -0.1) is 10.2 Å². The molecule has 1 fully saturated rings. The fourth-order valence-electron chi connectivity index (χ4n) is 2.71. The van der Waals surface area contributed by atoms with Crippen LogP contribution in [0.15, 0.2) is 53.9 Å². The van der Waals surface area contributed by atoms with Gasteiger partial charge in [-0.25, -0.2) is 4.39 Å². The van der Waals surface area contributed by atoms with E-state index in [1.54, 1.807) is 24.5 Å². The number of benzene rings is 1. The molecule has 1 saturated carbocycles. The summed E-state index contributed by atoms with van der Waals surface area (Å²) in [4.78, 5) is 16.5. The van der Waals surface area contributed by atoms with Crippen LogP contribution in [0.2, 0.25) is 0 Å². The SMILES string of the molecule is C[C@@H](Sc1nnc(-c2ccncc2)n1C1CC1)C(=O)Nc1ccc(F)cc1. The minimum Gasteiger partial charge on any atom is -0.325 e. The molecule has 6 nitrogen and oxygen atoms in total. The average molecular weight is 383 g/mol. The van der Waals surface area contributed by atoms with E-state index in [4.69, 9.17) is 0 Å². The normalized spacial score (nSPS) is 14.7. The van der Waals surface area contributed by atoms with Crippen LogP contribution in [0, 0.1) is 5.82 Å². The molecule has 1 amide bonds. The largest absolute Gasteiger partial charge is 0.325 e. The van der Waals surface area contributed by atoms with Gasteiger partial charge in [-0.1, -0.05) is 11.8 Å². The summed E-state index contributed by atoms with van der Waals surface area (Å²) in [5.74, 6) is 0.299. The van der Waals surface area contributed by atoms with E-state index in [-0.39, 0.29) is 17.0 Å². The highest BCUT2D eigenvalue weighted by atomic mass is 32.2. The monoisotopic (exact) mass is 383 g/mol. The Kier molecular flexibility index (Phi) is 4.89. The Bertz CT molecular complexity index is 940. The Morgan fingerprint density at radius 2 is 1.89 bits per heavy atom. The Morgan fingerprint density at radius 3 is 2.56 bits per heavy atom. The van der Waals surface area contributed by atoms with Crippen molar-refractivity contribution in [3.63, 3.8) is 0 Å². The first-order valence-corrected chi connectivity index (χ1v) is 9.58. The topological polar surface area (TPSA) is 72.7 Å². The number of nitrogens with one attached hydrogen (secondary N) is 1. The van der Waals surface area contributed by atoms with Crippen LogP contribution >= 0.6 is 11.8 Å². The first-order chi connectivity index (χ1) is 13.1. The van der Waals surface area contributed by atoms with Crippen LogP contribution in [0.4, 0.5) is 10.1 Å². The zero-order chi connectivity index (χ0) is 18.8. The standard InChI is InChI=1S/C19H18FN5OS/c1-12(18(26)22-15-4-2-14(20)3-5-15)27-19-24-23-17(25(19)16-6-7-16)13-8-10-21-11-9-13/h2-5,8-12,16H,6-7H2,1H3,(H,22,26)/t12-/m1/s1. The van der Waals surface area contributed by atoms with Gasteiger partial charge >= 0.3 is 0 Å². The van der Waals surface area contributed by atoms with Crippen molar-refractivity contribution in [1.82, 2.24) is 19.7 Å². The smallest absolute Gasteiger partial charge is 0.237 e. The highest BCUT2D eigenvalue weighted by molar-refractivity contribution is 8.00. The van der Waals surface area contributed by atoms with Crippen molar-refractivity contribution >= 4 is 23.4 Å². The molecule has 8 heteroatoms. The molecule has 0 radical (unpaired) electrons. The summed E-state index contributed by atoms with van der Waals surface area (Å²) in [6.45, 7) is 1.82. The Labute approximate surface area is 160 Å². The van der Waals surface area contributed by atoms with Gasteiger partial charge in [0.2, 0.25) is 5.91 Å². The summed E-state index contributed by atoms with van der Waals surface area (Å²) >= 11 is 1.37. The molecule has 4 rings (SSSR count). The molecule has 2 aromatic heterocycles. The lowest BCUT2D eigenvalue weighted by Crippen LogP contribution is -2.23. The van der Waals surface area contributed by atoms with Crippen LogP contribution in [0.1, 0.15) is 25.8 Å².